The topological polar surface area (TPSA) is 50.4 Å². The lowest BCUT2D eigenvalue weighted by Gasteiger charge is -2.12. The van der Waals surface area contributed by atoms with Crippen molar-refractivity contribution in [2.75, 3.05) is 20.2 Å². The van der Waals surface area contributed by atoms with E-state index in [-0.39, 0.29) is 11.9 Å². The first-order valence-corrected chi connectivity index (χ1v) is 6.71. The maximum Gasteiger partial charge on any atom is 0.251 e. The van der Waals surface area contributed by atoms with E-state index in [1.165, 1.54) is 0 Å². The zero-order valence-electron chi connectivity index (χ0n) is 12.2. The van der Waals surface area contributed by atoms with Crippen LogP contribution in [0.3, 0.4) is 0 Å². The van der Waals surface area contributed by atoms with Crippen molar-refractivity contribution in [2.45, 2.75) is 26.8 Å². The van der Waals surface area contributed by atoms with Crippen LogP contribution in [0.4, 0.5) is 0 Å². The molecule has 0 aliphatic heterocycles. The average Bonchev–Trinajstić information content (AvgIpc) is 2.42. The third-order valence-electron chi connectivity index (χ3n) is 2.74. The molecule has 0 saturated carbocycles. The number of carbonyl (C=O) groups is 1. The van der Waals surface area contributed by atoms with Crippen LogP contribution in [-0.4, -0.2) is 32.1 Å². The number of rotatable bonds is 7. The van der Waals surface area contributed by atoms with E-state index in [1.54, 1.807) is 12.1 Å². The Morgan fingerprint density at radius 1 is 1.32 bits per heavy atom. The van der Waals surface area contributed by atoms with Crippen LogP contribution in [0.1, 0.15) is 31.1 Å². The molecule has 4 nitrogen and oxygen atoms in total. The SMILES string of the molecule is CNC(C)CNC(=O)c1cccc(OCC(C)C)c1. The second kappa shape index (κ2) is 7.79. The quantitative estimate of drug-likeness (QED) is 0.792. The van der Waals surface area contributed by atoms with Gasteiger partial charge in [-0.25, -0.2) is 0 Å². The highest BCUT2D eigenvalue weighted by Crippen LogP contribution is 2.14. The van der Waals surface area contributed by atoms with Gasteiger partial charge < -0.3 is 15.4 Å². The van der Waals surface area contributed by atoms with E-state index in [0.29, 0.717) is 24.6 Å². The molecule has 1 unspecified atom stereocenters. The van der Waals surface area contributed by atoms with Crippen molar-refractivity contribution in [1.29, 1.82) is 0 Å². The van der Waals surface area contributed by atoms with Crippen LogP contribution in [0.5, 0.6) is 5.75 Å². The zero-order valence-corrected chi connectivity index (χ0v) is 12.2. The fourth-order valence-electron chi connectivity index (χ4n) is 1.44. The van der Waals surface area contributed by atoms with Crippen molar-refractivity contribution in [2.24, 2.45) is 5.92 Å². The van der Waals surface area contributed by atoms with Crippen LogP contribution in [0.25, 0.3) is 0 Å². The number of amides is 1. The molecule has 0 saturated heterocycles. The lowest BCUT2D eigenvalue weighted by molar-refractivity contribution is 0.0950. The predicted octanol–water partition coefficient (Wildman–Crippen LogP) is 2.06. The molecule has 2 N–H and O–H groups in total. The molecular formula is C15H24N2O2. The Balaban J connectivity index is 2.57. The van der Waals surface area contributed by atoms with Crippen molar-refractivity contribution >= 4 is 5.91 Å². The van der Waals surface area contributed by atoms with Gasteiger partial charge in [0.25, 0.3) is 5.91 Å². The van der Waals surface area contributed by atoms with E-state index in [2.05, 4.69) is 24.5 Å². The fraction of sp³-hybridized carbons (Fsp3) is 0.533. The van der Waals surface area contributed by atoms with Gasteiger partial charge in [-0.1, -0.05) is 19.9 Å². The summed E-state index contributed by atoms with van der Waals surface area (Å²) < 4.78 is 5.61. The minimum Gasteiger partial charge on any atom is -0.493 e. The summed E-state index contributed by atoms with van der Waals surface area (Å²) in [5.41, 5.74) is 0.629. The Kier molecular flexibility index (Phi) is 6.36. The number of ether oxygens (including phenoxy) is 1. The molecule has 0 aliphatic carbocycles. The summed E-state index contributed by atoms with van der Waals surface area (Å²) in [7, 11) is 1.87. The summed E-state index contributed by atoms with van der Waals surface area (Å²) >= 11 is 0. The van der Waals surface area contributed by atoms with Gasteiger partial charge in [-0.05, 0) is 38.1 Å². The molecule has 4 heteroatoms. The van der Waals surface area contributed by atoms with Crippen LogP contribution >= 0.6 is 0 Å². The predicted molar refractivity (Wildman–Crippen MR) is 77.6 cm³/mol. The highest BCUT2D eigenvalue weighted by Gasteiger charge is 2.08. The maximum atomic E-state index is 12.0. The highest BCUT2D eigenvalue weighted by atomic mass is 16.5. The Bertz CT molecular complexity index is 405. The fourth-order valence-corrected chi connectivity index (χ4v) is 1.44. The minimum atomic E-state index is -0.0721. The number of benzene rings is 1. The first-order valence-electron chi connectivity index (χ1n) is 6.71. The monoisotopic (exact) mass is 264 g/mol. The molecule has 0 radical (unpaired) electrons. The molecule has 0 bridgehead atoms. The van der Waals surface area contributed by atoms with Crippen molar-refractivity contribution in [1.82, 2.24) is 10.6 Å². The summed E-state index contributed by atoms with van der Waals surface area (Å²) in [6.45, 7) is 7.46. The van der Waals surface area contributed by atoms with Gasteiger partial charge in [0.2, 0.25) is 0 Å². The van der Waals surface area contributed by atoms with Gasteiger partial charge in [0.15, 0.2) is 0 Å². The van der Waals surface area contributed by atoms with E-state index in [4.69, 9.17) is 4.74 Å². The first kappa shape index (κ1) is 15.5. The highest BCUT2D eigenvalue weighted by molar-refractivity contribution is 5.94. The van der Waals surface area contributed by atoms with Crippen LogP contribution in [-0.2, 0) is 0 Å². The smallest absolute Gasteiger partial charge is 0.251 e. The zero-order chi connectivity index (χ0) is 14.3. The Hall–Kier alpha value is -1.55. The van der Waals surface area contributed by atoms with E-state index in [0.717, 1.165) is 5.75 Å². The molecule has 1 amide bonds. The first-order chi connectivity index (χ1) is 9.02. The largest absolute Gasteiger partial charge is 0.493 e. The minimum absolute atomic E-state index is 0.0721. The summed E-state index contributed by atoms with van der Waals surface area (Å²) in [6.07, 6.45) is 0. The number of hydrogen-bond donors (Lipinski definition) is 2. The van der Waals surface area contributed by atoms with Gasteiger partial charge >= 0.3 is 0 Å². The molecule has 1 aromatic carbocycles. The van der Waals surface area contributed by atoms with Crippen molar-refractivity contribution in [3.63, 3.8) is 0 Å². The number of carbonyl (C=O) groups excluding carboxylic acids is 1. The lowest BCUT2D eigenvalue weighted by atomic mass is 10.2. The molecule has 1 aromatic rings. The Morgan fingerprint density at radius 2 is 2.05 bits per heavy atom. The number of hydrogen-bond acceptors (Lipinski definition) is 3. The standard InChI is InChI=1S/C15H24N2O2/c1-11(2)10-19-14-7-5-6-13(8-14)15(18)17-9-12(3)16-4/h5-8,11-12,16H,9-10H2,1-4H3,(H,17,18). The lowest BCUT2D eigenvalue weighted by Crippen LogP contribution is -2.37. The van der Waals surface area contributed by atoms with Gasteiger partial charge in [0, 0.05) is 18.2 Å². The summed E-state index contributed by atoms with van der Waals surface area (Å²) in [4.78, 5) is 12.0. The molecule has 106 valence electrons. The van der Waals surface area contributed by atoms with Crippen molar-refractivity contribution < 1.29 is 9.53 Å². The molecular weight excluding hydrogens is 240 g/mol. The number of nitrogens with one attached hydrogen (secondary N) is 2. The van der Waals surface area contributed by atoms with Crippen molar-refractivity contribution in [3.05, 3.63) is 29.8 Å². The van der Waals surface area contributed by atoms with Gasteiger partial charge in [0.05, 0.1) is 6.61 Å². The summed E-state index contributed by atoms with van der Waals surface area (Å²) in [5, 5.41) is 5.96. The second-order valence-electron chi connectivity index (χ2n) is 5.13. The Labute approximate surface area is 115 Å². The van der Waals surface area contributed by atoms with Gasteiger partial charge in [0.1, 0.15) is 5.75 Å². The van der Waals surface area contributed by atoms with Crippen LogP contribution in [0.15, 0.2) is 24.3 Å². The third kappa shape index (κ3) is 5.75. The molecule has 1 atom stereocenters. The third-order valence-corrected chi connectivity index (χ3v) is 2.74. The van der Waals surface area contributed by atoms with E-state index in [9.17, 15) is 4.79 Å². The van der Waals surface area contributed by atoms with Gasteiger partial charge in [-0.15, -0.1) is 0 Å². The summed E-state index contributed by atoms with van der Waals surface area (Å²) in [6, 6.07) is 7.54. The van der Waals surface area contributed by atoms with E-state index >= 15 is 0 Å². The summed E-state index contributed by atoms with van der Waals surface area (Å²) in [5.74, 6) is 1.13. The van der Waals surface area contributed by atoms with Crippen LogP contribution in [0, 0.1) is 5.92 Å². The van der Waals surface area contributed by atoms with Crippen LogP contribution < -0.4 is 15.4 Å². The van der Waals surface area contributed by atoms with Crippen molar-refractivity contribution in [3.8, 4) is 5.75 Å². The molecule has 19 heavy (non-hydrogen) atoms. The number of likely N-dealkylation sites (N-methyl/N-ethyl adjacent to an activating group) is 1. The van der Waals surface area contributed by atoms with Gasteiger partial charge in [-0.3, -0.25) is 4.79 Å². The van der Waals surface area contributed by atoms with Gasteiger partial charge in [-0.2, -0.15) is 0 Å². The molecule has 0 heterocycles. The molecule has 0 aliphatic rings. The Morgan fingerprint density at radius 3 is 2.68 bits per heavy atom. The molecule has 0 fully saturated rings. The normalized spacial score (nSPS) is 12.3. The van der Waals surface area contributed by atoms with Crippen LogP contribution in [0.2, 0.25) is 0 Å². The second-order valence-corrected chi connectivity index (χ2v) is 5.13. The molecule has 0 aromatic heterocycles. The van der Waals surface area contributed by atoms with E-state index in [1.807, 2.05) is 26.1 Å². The van der Waals surface area contributed by atoms with E-state index < -0.39 is 0 Å². The molecule has 0 spiro atoms. The molecule has 1 rings (SSSR count). The average molecular weight is 264 g/mol. The maximum absolute atomic E-state index is 12.0.